The summed E-state index contributed by atoms with van der Waals surface area (Å²) in [6, 6.07) is 8.27. The molecular weight excluding hydrogens is 618 g/mol. The van der Waals surface area contributed by atoms with Gasteiger partial charge in [0.05, 0.1) is 14.2 Å². The van der Waals surface area contributed by atoms with Crippen LogP contribution >= 0.6 is 0 Å². The zero-order valence-corrected chi connectivity index (χ0v) is 28.9. The van der Waals surface area contributed by atoms with E-state index in [4.69, 9.17) is 14.2 Å². The number of nitrogens with zero attached hydrogens (tertiary/aromatic N) is 1. The number of carbonyl (C=O) groups excluding carboxylic acids is 5. The van der Waals surface area contributed by atoms with Crippen molar-refractivity contribution in [2.75, 3.05) is 33.9 Å². The molecule has 0 unspecified atom stereocenters. The first-order valence-electron chi connectivity index (χ1n) is 16.3. The first-order chi connectivity index (χ1) is 22.8. The minimum absolute atomic E-state index is 0.0785. The van der Waals surface area contributed by atoms with Gasteiger partial charge in [0.15, 0.2) is 23.0 Å². The van der Waals surface area contributed by atoms with Crippen LogP contribution in [0.2, 0.25) is 0 Å². The monoisotopic (exact) mass is 667 g/mol. The number of hydrogen-bond donors (Lipinski definition) is 4. The van der Waals surface area contributed by atoms with Gasteiger partial charge in [0.25, 0.3) is 5.91 Å². The highest BCUT2D eigenvalue weighted by molar-refractivity contribution is 5.95. The summed E-state index contributed by atoms with van der Waals surface area (Å²) in [5.74, 6) is -0.276. The van der Waals surface area contributed by atoms with Gasteiger partial charge in [0.2, 0.25) is 23.6 Å². The Morgan fingerprint density at radius 1 is 0.896 bits per heavy atom. The Morgan fingerprint density at radius 2 is 1.56 bits per heavy atom. The van der Waals surface area contributed by atoms with E-state index in [-0.39, 0.29) is 61.5 Å². The third kappa shape index (κ3) is 10.9. The van der Waals surface area contributed by atoms with Gasteiger partial charge >= 0.3 is 0 Å². The number of hydrogen-bond acceptors (Lipinski definition) is 8. The first kappa shape index (κ1) is 37.6. The molecule has 4 bridgehead atoms. The molecule has 5 rings (SSSR count). The molecule has 5 amide bonds. The Kier molecular flexibility index (Phi) is 14.1. The molecule has 4 N–H and O–H groups in total. The summed E-state index contributed by atoms with van der Waals surface area (Å²) in [7, 11) is 2.97. The third-order valence-corrected chi connectivity index (χ3v) is 7.79. The van der Waals surface area contributed by atoms with E-state index in [2.05, 4.69) is 21.3 Å². The van der Waals surface area contributed by atoms with Crippen molar-refractivity contribution in [1.29, 1.82) is 0 Å². The number of fused-ring (bicyclic) bond motifs is 2. The number of methoxy groups -OCH3 is 2. The molecule has 0 spiro atoms. The van der Waals surface area contributed by atoms with Crippen LogP contribution in [0.3, 0.4) is 0 Å². The number of ether oxygens (including phenoxy) is 3. The van der Waals surface area contributed by atoms with Crippen molar-refractivity contribution in [3.8, 4) is 23.0 Å². The van der Waals surface area contributed by atoms with Crippen LogP contribution in [-0.4, -0.2) is 80.4 Å². The summed E-state index contributed by atoms with van der Waals surface area (Å²) in [6.07, 6.45) is 0.771. The Labute approximate surface area is 282 Å². The van der Waals surface area contributed by atoms with E-state index in [1.807, 2.05) is 27.7 Å². The Bertz CT molecular complexity index is 1460. The van der Waals surface area contributed by atoms with Gasteiger partial charge in [-0.25, -0.2) is 0 Å². The second-order valence-corrected chi connectivity index (χ2v) is 12.5. The van der Waals surface area contributed by atoms with Crippen molar-refractivity contribution in [2.45, 2.75) is 72.5 Å². The molecule has 0 aromatic heterocycles. The van der Waals surface area contributed by atoms with Crippen LogP contribution in [0.15, 0.2) is 36.4 Å². The molecular formula is C35H49N5O8. The highest BCUT2D eigenvalue weighted by atomic mass is 16.5. The average Bonchev–Trinajstić information content (AvgIpc) is 3.04. The fraction of sp³-hybridized carbons (Fsp3) is 0.514. The van der Waals surface area contributed by atoms with Gasteiger partial charge in [-0.3, -0.25) is 24.0 Å². The molecule has 2 aromatic carbocycles. The molecule has 2 atom stereocenters. The summed E-state index contributed by atoms with van der Waals surface area (Å²) < 4.78 is 17.2. The van der Waals surface area contributed by atoms with Gasteiger partial charge in [-0.2, -0.15) is 0 Å². The van der Waals surface area contributed by atoms with Gasteiger partial charge in [-0.05, 0) is 61.1 Å². The average molecular weight is 668 g/mol. The van der Waals surface area contributed by atoms with Crippen LogP contribution in [0.1, 0.15) is 69.8 Å². The number of benzene rings is 2. The smallest absolute Gasteiger partial charge is 0.251 e. The number of carbonyl (C=O) groups is 5. The van der Waals surface area contributed by atoms with Crippen LogP contribution < -0.4 is 35.5 Å². The molecule has 0 aliphatic carbocycles. The molecule has 262 valence electrons. The molecule has 48 heavy (non-hydrogen) atoms. The minimum Gasteiger partial charge on any atom is -0.493 e. The van der Waals surface area contributed by atoms with Crippen LogP contribution in [0, 0.1) is 11.8 Å². The lowest BCUT2D eigenvalue weighted by Gasteiger charge is -2.25. The molecule has 13 heteroatoms. The van der Waals surface area contributed by atoms with Crippen molar-refractivity contribution in [1.82, 2.24) is 26.2 Å². The van der Waals surface area contributed by atoms with Crippen molar-refractivity contribution in [3.05, 3.63) is 47.5 Å². The quantitative estimate of drug-likeness (QED) is 0.378. The number of nitrogens with one attached hydrogen (secondary N) is 4. The van der Waals surface area contributed by atoms with Gasteiger partial charge in [-0.15, -0.1) is 0 Å². The maximum atomic E-state index is 13.2. The van der Waals surface area contributed by atoms with Crippen LogP contribution in [0.5, 0.6) is 23.0 Å². The normalized spacial score (nSPS) is 18.9. The fourth-order valence-corrected chi connectivity index (χ4v) is 5.09. The molecule has 13 nitrogen and oxygen atoms in total. The molecule has 2 aromatic rings. The zero-order valence-electron chi connectivity index (χ0n) is 28.9. The topological polar surface area (TPSA) is 164 Å². The lowest BCUT2D eigenvalue weighted by atomic mass is 10.0. The summed E-state index contributed by atoms with van der Waals surface area (Å²) >= 11 is 0. The Hall–Kier alpha value is -4.81. The van der Waals surface area contributed by atoms with Gasteiger partial charge in [0, 0.05) is 44.6 Å². The third-order valence-electron chi connectivity index (χ3n) is 7.79. The maximum Gasteiger partial charge on any atom is 0.251 e. The van der Waals surface area contributed by atoms with E-state index in [9.17, 15) is 24.0 Å². The largest absolute Gasteiger partial charge is 0.493 e. The van der Waals surface area contributed by atoms with E-state index in [0.29, 0.717) is 47.9 Å². The van der Waals surface area contributed by atoms with E-state index in [1.165, 1.54) is 14.2 Å². The fourth-order valence-electron chi connectivity index (χ4n) is 5.09. The Morgan fingerprint density at radius 3 is 2.21 bits per heavy atom. The van der Waals surface area contributed by atoms with Gasteiger partial charge < -0.3 is 40.4 Å². The second-order valence-electron chi connectivity index (χ2n) is 12.5. The molecule has 0 fully saturated rings. The zero-order chi connectivity index (χ0) is 35.4. The highest BCUT2D eigenvalue weighted by Crippen LogP contribution is 2.37. The van der Waals surface area contributed by atoms with Gasteiger partial charge in [0.1, 0.15) is 12.1 Å². The Balaban J connectivity index is 1.90. The predicted molar refractivity (Wildman–Crippen MR) is 180 cm³/mol. The summed E-state index contributed by atoms with van der Waals surface area (Å²) in [4.78, 5) is 66.5. The lowest BCUT2D eigenvalue weighted by Crippen LogP contribution is -2.54. The van der Waals surface area contributed by atoms with E-state index in [0.717, 1.165) is 5.56 Å². The molecule has 0 saturated carbocycles. The standard InChI is InChI=1S/C35H49N5O8/c1-21(2)17-31(42)40-15-8-9-30(41)38-23(5)33(43)39-32(22(3)4)35(45)37-20-24-10-12-26(28(18-24)46-6)48-27-13-11-25(19-29(27)47-7)34(44)36-14-16-40/h10-13,18-19,21-23,32H,8-9,14-17,20H2,1-7H3,(H,36,44)(H,37,45)(H,38,41)(H,39,43)/t23-,32+/m1/s1. The van der Waals surface area contributed by atoms with Crippen molar-refractivity contribution < 1.29 is 38.2 Å². The van der Waals surface area contributed by atoms with E-state index < -0.39 is 18.0 Å². The summed E-state index contributed by atoms with van der Waals surface area (Å²) in [5, 5.41) is 11.2. The van der Waals surface area contributed by atoms with Crippen molar-refractivity contribution >= 4 is 29.5 Å². The van der Waals surface area contributed by atoms with Crippen LogP contribution in [0.25, 0.3) is 0 Å². The molecule has 0 radical (unpaired) electrons. The highest BCUT2D eigenvalue weighted by Gasteiger charge is 2.27. The molecule has 0 saturated heterocycles. The van der Waals surface area contributed by atoms with E-state index in [1.54, 1.807) is 48.2 Å². The summed E-state index contributed by atoms with van der Waals surface area (Å²) in [6.45, 7) is 10.00. The van der Waals surface area contributed by atoms with Crippen LogP contribution in [-0.2, 0) is 25.7 Å². The van der Waals surface area contributed by atoms with Gasteiger partial charge in [-0.1, -0.05) is 33.8 Å². The first-order valence-corrected chi connectivity index (χ1v) is 16.3. The maximum absolute atomic E-state index is 13.2. The van der Waals surface area contributed by atoms with Crippen LogP contribution in [0.4, 0.5) is 0 Å². The number of rotatable bonds is 5. The SMILES string of the molecule is COc1cc2ccc1Oc1ccc(cc1OC)C(=O)NCCN(C(=O)CC(C)C)CCCC(=O)N[C@H](C)C(=O)N[C@@H](C(C)C)C(=O)NC2. The number of amides is 5. The second kappa shape index (κ2) is 17.9. The predicted octanol–water partition coefficient (Wildman–Crippen LogP) is 3.16. The minimum atomic E-state index is -0.886. The lowest BCUT2D eigenvalue weighted by molar-refractivity contribution is -0.133. The summed E-state index contributed by atoms with van der Waals surface area (Å²) in [5.41, 5.74) is 1.07. The van der Waals surface area contributed by atoms with E-state index >= 15 is 0 Å². The van der Waals surface area contributed by atoms with Crippen molar-refractivity contribution in [2.24, 2.45) is 11.8 Å². The molecule has 3 aliphatic heterocycles. The molecule has 3 heterocycles. The van der Waals surface area contributed by atoms with Crippen molar-refractivity contribution in [3.63, 3.8) is 0 Å². The molecule has 3 aliphatic rings.